The summed E-state index contributed by atoms with van der Waals surface area (Å²) >= 11 is 0. The molecule has 33 heavy (non-hydrogen) atoms. The van der Waals surface area contributed by atoms with Gasteiger partial charge in [0, 0.05) is 6.54 Å². The molecule has 0 spiro atoms. The van der Waals surface area contributed by atoms with Crippen LogP contribution >= 0.6 is 0 Å². The smallest absolute Gasteiger partial charge is 0.326 e. The Morgan fingerprint density at radius 1 is 1.12 bits per heavy atom. The van der Waals surface area contributed by atoms with Crippen LogP contribution in [-0.2, 0) is 24.0 Å². The van der Waals surface area contributed by atoms with Crippen LogP contribution in [0, 0.1) is 5.92 Å². The van der Waals surface area contributed by atoms with E-state index in [-0.39, 0.29) is 12.5 Å². The highest BCUT2D eigenvalue weighted by Gasteiger charge is 2.40. The molecule has 0 saturated carbocycles. The second-order valence-corrected chi connectivity index (χ2v) is 8.52. The first kappa shape index (κ1) is 28.3. The van der Waals surface area contributed by atoms with Crippen LogP contribution in [0.2, 0.25) is 0 Å². The average Bonchev–Trinajstić information content (AvgIpc) is 3.25. The molecule has 5 unspecified atom stereocenters. The first-order valence-electron chi connectivity index (χ1n) is 11.4. The molecule has 1 fully saturated rings. The first-order chi connectivity index (χ1) is 15.5. The van der Waals surface area contributed by atoms with Gasteiger partial charge in [0.25, 0.3) is 0 Å². The van der Waals surface area contributed by atoms with E-state index in [0.29, 0.717) is 45.1 Å². The van der Waals surface area contributed by atoms with Gasteiger partial charge in [0.1, 0.15) is 18.1 Å². The van der Waals surface area contributed by atoms with E-state index in [1.165, 1.54) is 4.90 Å². The molecule has 0 aromatic heterocycles. The lowest BCUT2D eigenvalue weighted by Gasteiger charge is -2.31. The highest BCUT2D eigenvalue weighted by atomic mass is 16.4. The van der Waals surface area contributed by atoms with E-state index in [1.807, 2.05) is 6.92 Å². The minimum absolute atomic E-state index is 0.276. The van der Waals surface area contributed by atoms with Crippen LogP contribution in [-0.4, -0.2) is 76.9 Å². The molecule has 1 aliphatic heterocycles. The zero-order chi connectivity index (χ0) is 25.1. The Bertz CT molecular complexity index is 717. The average molecular weight is 471 g/mol. The normalized spacial score (nSPS) is 19.3. The fraction of sp³-hybridized carbons (Fsp3) is 0.762. The van der Waals surface area contributed by atoms with Crippen molar-refractivity contribution in [3.8, 4) is 0 Å². The Labute approximate surface area is 194 Å². The lowest BCUT2D eigenvalue weighted by molar-refractivity contribution is -0.150. The summed E-state index contributed by atoms with van der Waals surface area (Å²) in [7, 11) is 0. The van der Waals surface area contributed by atoms with Crippen molar-refractivity contribution >= 4 is 29.6 Å². The zero-order valence-electron chi connectivity index (χ0n) is 19.4. The highest BCUT2D eigenvalue weighted by molar-refractivity contribution is 5.96. The number of unbranched alkanes of at least 4 members (excludes halogenated alkanes) is 1. The molecular formula is C21H38N6O6. The van der Waals surface area contributed by atoms with E-state index in [2.05, 4.69) is 10.6 Å². The molecule has 1 heterocycles. The maximum Gasteiger partial charge on any atom is 0.326 e. The maximum atomic E-state index is 13.2. The Morgan fingerprint density at radius 3 is 2.33 bits per heavy atom. The molecule has 1 rings (SSSR count). The van der Waals surface area contributed by atoms with Crippen LogP contribution in [0.4, 0.5) is 0 Å². The summed E-state index contributed by atoms with van der Waals surface area (Å²) in [5.74, 6) is -4.13. The van der Waals surface area contributed by atoms with E-state index in [1.54, 1.807) is 6.92 Å². The van der Waals surface area contributed by atoms with E-state index >= 15 is 0 Å². The molecule has 1 aliphatic rings. The van der Waals surface area contributed by atoms with Gasteiger partial charge in [0.15, 0.2) is 0 Å². The maximum absolute atomic E-state index is 13.2. The van der Waals surface area contributed by atoms with E-state index < -0.39 is 60.2 Å². The summed E-state index contributed by atoms with van der Waals surface area (Å²) in [6.45, 7) is 4.33. The number of likely N-dealkylation sites (tertiary alicyclic amines) is 1. The Kier molecular flexibility index (Phi) is 11.8. The van der Waals surface area contributed by atoms with Crippen molar-refractivity contribution in [3.63, 3.8) is 0 Å². The lowest BCUT2D eigenvalue weighted by Crippen LogP contribution is -2.59. The van der Waals surface area contributed by atoms with Gasteiger partial charge in [-0.05, 0) is 38.1 Å². The summed E-state index contributed by atoms with van der Waals surface area (Å²) in [6, 6.07) is -4.18. The molecule has 0 bridgehead atoms. The molecule has 4 amide bonds. The molecular weight excluding hydrogens is 432 g/mol. The van der Waals surface area contributed by atoms with Crippen LogP contribution in [0.5, 0.6) is 0 Å². The van der Waals surface area contributed by atoms with Gasteiger partial charge < -0.3 is 37.8 Å². The molecule has 188 valence electrons. The minimum Gasteiger partial charge on any atom is -0.480 e. The molecule has 12 nitrogen and oxygen atoms in total. The minimum atomic E-state index is -1.32. The van der Waals surface area contributed by atoms with Crippen molar-refractivity contribution in [1.82, 2.24) is 15.5 Å². The third kappa shape index (κ3) is 8.61. The first-order valence-corrected chi connectivity index (χ1v) is 11.4. The molecule has 1 saturated heterocycles. The topological polar surface area (TPSA) is 211 Å². The Balaban J connectivity index is 2.97. The summed E-state index contributed by atoms with van der Waals surface area (Å²) in [5, 5.41) is 14.5. The number of nitrogens with two attached hydrogens (primary N) is 3. The molecule has 0 radical (unpaired) electrons. The summed E-state index contributed by atoms with van der Waals surface area (Å²) in [4.78, 5) is 62.9. The zero-order valence-corrected chi connectivity index (χ0v) is 19.4. The quantitative estimate of drug-likeness (QED) is 0.162. The van der Waals surface area contributed by atoms with Crippen molar-refractivity contribution in [2.75, 3.05) is 13.1 Å². The van der Waals surface area contributed by atoms with Crippen molar-refractivity contribution in [2.24, 2.45) is 23.1 Å². The molecule has 9 N–H and O–H groups in total. The fourth-order valence-corrected chi connectivity index (χ4v) is 3.73. The molecule has 0 aromatic rings. The second-order valence-electron chi connectivity index (χ2n) is 8.52. The van der Waals surface area contributed by atoms with Crippen molar-refractivity contribution < 1.29 is 29.1 Å². The van der Waals surface area contributed by atoms with E-state index in [9.17, 15) is 29.1 Å². The monoisotopic (exact) mass is 470 g/mol. The van der Waals surface area contributed by atoms with Gasteiger partial charge in [-0.3, -0.25) is 19.2 Å². The third-order valence-corrected chi connectivity index (χ3v) is 5.94. The lowest BCUT2D eigenvalue weighted by atomic mass is 9.96. The number of aliphatic carboxylic acids is 1. The summed E-state index contributed by atoms with van der Waals surface area (Å²) in [5.41, 5.74) is 16.6. The third-order valence-electron chi connectivity index (χ3n) is 5.94. The second kappa shape index (κ2) is 13.7. The fourth-order valence-electron chi connectivity index (χ4n) is 3.73. The van der Waals surface area contributed by atoms with Crippen LogP contribution in [0.3, 0.4) is 0 Å². The predicted octanol–water partition coefficient (Wildman–Crippen LogP) is -1.59. The van der Waals surface area contributed by atoms with Crippen molar-refractivity contribution in [1.29, 1.82) is 0 Å². The predicted molar refractivity (Wildman–Crippen MR) is 120 cm³/mol. The molecule has 0 aliphatic carbocycles. The summed E-state index contributed by atoms with van der Waals surface area (Å²) < 4.78 is 0. The van der Waals surface area contributed by atoms with Crippen LogP contribution < -0.4 is 27.8 Å². The number of nitrogens with zero attached hydrogens (tertiary/aromatic N) is 1. The van der Waals surface area contributed by atoms with Gasteiger partial charge >= 0.3 is 5.97 Å². The number of rotatable bonds is 14. The van der Waals surface area contributed by atoms with Gasteiger partial charge in [-0.2, -0.15) is 0 Å². The van der Waals surface area contributed by atoms with Crippen molar-refractivity contribution in [3.05, 3.63) is 0 Å². The van der Waals surface area contributed by atoms with Gasteiger partial charge in [-0.25, -0.2) is 4.79 Å². The number of hydrogen-bond acceptors (Lipinski definition) is 7. The standard InChI is InChI=1S/C21H38N6O6/c1-3-12(2)17(20(31)27-10-6-8-15(27)21(32)33)26-19(30)14(11-16(24)28)25-18(29)13(23)7-4-5-9-22/h12-15,17H,3-11,22-23H2,1-2H3,(H2,24,28)(H,25,29)(H,26,30)(H,32,33). The molecule has 0 aromatic carbocycles. The largest absolute Gasteiger partial charge is 0.480 e. The van der Waals surface area contributed by atoms with Crippen molar-refractivity contribution in [2.45, 2.75) is 83.0 Å². The van der Waals surface area contributed by atoms with Crippen LogP contribution in [0.25, 0.3) is 0 Å². The van der Waals surface area contributed by atoms with Gasteiger partial charge in [0.05, 0.1) is 12.5 Å². The number of nitrogens with one attached hydrogen (secondary N) is 2. The summed E-state index contributed by atoms with van der Waals surface area (Å²) in [6.07, 6.45) is 2.61. The SMILES string of the molecule is CCC(C)C(NC(=O)C(CC(N)=O)NC(=O)C(N)CCCCN)C(=O)N1CCCC1C(=O)O. The van der Waals surface area contributed by atoms with E-state index in [0.717, 1.165) is 0 Å². The number of primary amides is 1. The van der Waals surface area contributed by atoms with Gasteiger partial charge in [-0.15, -0.1) is 0 Å². The number of amides is 4. The Hall–Kier alpha value is -2.73. The molecule has 12 heteroatoms. The Morgan fingerprint density at radius 2 is 1.79 bits per heavy atom. The number of carboxylic acids is 1. The number of hydrogen-bond donors (Lipinski definition) is 6. The number of carboxylic acid groups (broad SMARTS) is 1. The van der Waals surface area contributed by atoms with Crippen LogP contribution in [0.1, 0.15) is 58.8 Å². The van der Waals surface area contributed by atoms with Gasteiger partial charge in [-0.1, -0.05) is 26.7 Å². The van der Waals surface area contributed by atoms with E-state index in [4.69, 9.17) is 17.2 Å². The number of carbonyl (C=O) groups excluding carboxylic acids is 4. The molecule has 5 atom stereocenters. The van der Waals surface area contributed by atoms with Gasteiger partial charge in [0.2, 0.25) is 23.6 Å². The number of carbonyl (C=O) groups is 5. The van der Waals surface area contributed by atoms with Crippen LogP contribution in [0.15, 0.2) is 0 Å². The highest BCUT2D eigenvalue weighted by Crippen LogP contribution is 2.21.